The largest absolute Gasteiger partial charge is 0.355 e. The molecule has 0 fully saturated rings. The van der Waals surface area contributed by atoms with Crippen LogP contribution in [0.1, 0.15) is 10.4 Å². The van der Waals surface area contributed by atoms with Crippen molar-refractivity contribution in [3.8, 4) is 0 Å². The molecule has 2 nitrogen and oxygen atoms in total. The minimum atomic E-state index is -0.471. The quantitative estimate of drug-likeness (QED) is 0.897. The predicted molar refractivity (Wildman–Crippen MR) is 71.1 cm³/mol. The highest BCUT2D eigenvalue weighted by Gasteiger charge is 2.06. The first-order chi connectivity index (χ1) is 9.15. The monoisotopic (exact) mass is 281 g/mol. The Bertz CT molecular complexity index is 555. The van der Waals surface area contributed by atoms with Crippen LogP contribution in [-0.2, 0) is 17.6 Å². The molecule has 5 heteroatoms. The van der Waals surface area contributed by atoms with Gasteiger partial charge in [0.25, 0.3) is 0 Å². The average Bonchev–Trinajstić information content (AvgIpc) is 2.86. The van der Waals surface area contributed by atoms with Gasteiger partial charge >= 0.3 is 0 Å². The molecule has 0 spiro atoms. The standard InChI is InChI=1S/C14H13F2NOS/c15-11-3-4-13(16)10(8-11)5-6-17-14(18)9-12-2-1-7-19-12/h1-4,7-8H,5-6,9H2,(H,17,18). The Morgan fingerprint density at radius 3 is 2.84 bits per heavy atom. The zero-order chi connectivity index (χ0) is 13.7. The summed E-state index contributed by atoms with van der Waals surface area (Å²) in [6.07, 6.45) is 0.600. The van der Waals surface area contributed by atoms with Gasteiger partial charge in [0.1, 0.15) is 11.6 Å². The first-order valence-corrected chi connectivity index (χ1v) is 6.76. The second-order valence-electron chi connectivity index (χ2n) is 4.09. The van der Waals surface area contributed by atoms with E-state index in [0.717, 1.165) is 23.1 Å². The number of halogens is 2. The second kappa shape index (κ2) is 6.43. The van der Waals surface area contributed by atoms with Gasteiger partial charge in [0.05, 0.1) is 6.42 Å². The molecule has 1 aromatic carbocycles. The fourth-order valence-electron chi connectivity index (χ4n) is 1.71. The van der Waals surface area contributed by atoms with Gasteiger partial charge in [-0.05, 0) is 41.6 Å². The van der Waals surface area contributed by atoms with Crippen molar-refractivity contribution in [2.45, 2.75) is 12.8 Å². The summed E-state index contributed by atoms with van der Waals surface area (Å²) in [5.74, 6) is -1.03. The number of carbonyl (C=O) groups excluding carboxylic acids is 1. The van der Waals surface area contributed by atoms with E-state index in [0.29, 0.717) is 13.0 Å². The van der Waals surface area contributed by atoms with Crippen LogP contribution >= 0.6 is 11.3 Å². The number of benzene rings is 1. The minimum absolute atomic E-state index is 0.112. The topological polar surface area (TPSA) is 29.1 Å². The zero-order valence-corrected chi connectivity index (χ0v) is 11.0. The van der Waals surface area contributed by atoms with Crippen LogP contribution in [0, 0.1) is 11.6 Å². The lowest BCUT2D eigenvalue weighted by atomic mass is 10.1. The number of rotatable bonds is 5. The Morgan fingerprint density at radius 2 is 2.11 bits per heavy atom. The molecule has 0 saturated carbocycles. The van der Waals surface area contributed by atoms with Gasteiger partial charge in [-0.25, -0.2) is 8.78 Å². The van der Waals surface area contributed by atoms with E-state index in [1.807, 2.05) is 17.5 Å². The zero-order valence-electron chi connectivity index (χ0n) is 10.2. The summed E-state index contributed by atoms with van der Waals surface area (Å²) in [7, 11) is 0. The molecule has 1 amide bonds. The van der Waals surface area contributed by atoms with E-state index < -0.39 is 11.6 Å². The van der Waals surface area contributed by atoms with Crippen molar-refractivity contribution in [3.05, 3.63) is 57.8 Å². The van der Waals surface area contributed by atoms with E-state index in [9.17, 15) is 13.6 Å². The molecule has 1 heterocycles. The van der Waals surface area contributed by atoms with Crippen molar-refractivity contribution in [2.75, 3.05) is 6.54 Å². The van der Waals surface area contributed by atoms with Crippen LogP contribution in [0.25, 0.3) is 0 Å². The lowest BCUT2D eigenvalue weighted by Crippen LogP contribution is -2.27. The summed E-state index contributed by atoms with van der Waals surface area (Å²) < 4.78 is 26.3. The smallest absolute Gasteiger partial charge is 0.225 e. The van der Waals surface area contributed by atoms with Crippen LogP contribution in [0.5, 0.6) is 0 Å². The minimum Gasteiger partial charge on any atom is -0.355 e. The molecule has 100 valence electrons. The van der Waals surface area contributed by atoms with Gasteiger partial charge in [-0.15, -0.1) is 11.3 Å². The molecule has 0 unspecified atom stereocenters. The van der Waals surface area contributed by atoms with Gasteiger partial charge in [-0.3, -0.25) is 4.79 Å². The molecular formula is C14H13F2NOS. The highest BCUT2D eigenvalue weighted by Crippen LogP contribution is 2.10. The maximum atomic E-state index is 13.3. The Labute approximate surface area is 114 Å². The molecule has 2 rings (SSSR count). The van der Waals surface area contributed by atoms with Crippen LogP contribution in [-0.4, -0.2) is 12.5 Å². The number of amides is 1. The first kappa shape index (κ1) is 13.7. The SMILES string of the molecule is O=C(Cc1cccs1)NCCc1cc(F)ccc1F. The fourth-order valence-corrected chi connectivity index (χ4v) is 2.41. The van der Waals surface area contributed by atoms with Crippen molar-refractivity contribution in [1.82, 2.24) is 5.32 Å². The number of thiophene rings is 1. The molecule has 19 heavy (non-hydrogen) atoms. The molecule has 2 aromatic rings. The molecule has 1 N–H and O–H groups in total. The van der Waals surface area contributed by atoms with Crippen molar-refractivity contribution < 1.29 is 13.6 Å². The van der Waals surface area contributed by atoms with Crippen molar-refractivity contribution in [1.29, 1.82) is 0 Å². The summed E-state index contributed by atoms with van der Waals surface area (Å²) >= 11 is 1.52. The molecular weight excluding hydrogens is 268 g/mol. The van der Waals surface area contributed by atoms with Crippen LogP contribution in [0.4, 0.5) is 8.78 Å². The van der Waals surface area contributed by atoms with Gasteiger partial charge in [0.15, 0.2) is 0 Å². The van der Waals surface area contributed by atoms with Gasteiger partial charge in [0.2, 0.25) is 5.91 Å². The van der Waals surface area contributed by atoms with E-state index in [2.05, 4.69) is 5.32 Å². The Kier molecular flexibility index (Phi) is 4.63. The van der Waals surface area contributed by atoms with Gasteiger partial charge in [-0.2, -0.15) is 0 Å². The molecule has 0 aliphatic carbocycles. The molecule has 0 bridgehead atoms. The fraction of sp³-hybridized carbons (Fsp3) is 0.214. The molecule has 0 aliphatic heterocycles. The molecule has 0 radical (unpaired) electrons. The third-order valence-electron chi connectivity index (χ3n) is 2.64. The lowest BCUT2D eigenvalue weighted by Gasteiger charge is -2.05. The first-order valence-electron chi connectivity index (χ1n) is 5.88. The molecule has 0 saturated heterocycles. The normalized spacial score (nSPS) is 10.4. The lowest BCUT2D eigenvalue weighted by molar-refractivity contribution is -0.120. The molecule has 0 atom stereocenters. The van der Waals surface area contributed by atoms with E-state index in [4.69, 9.17) is 0 Å². The summed E-state index contributed by atoms with van der Waals surface area (Å²) in [5.41, 5.74) is 0.274. The van der Waals surface area contributed by atoms with E-state index in [-0.39, 0.29) is 17.9 Å². The third-order valence-corrected chi connectivity index (χ3v) is 3.52. The number of carbonyl (C=O) groups is 1. The highest BCUT2D eigenvalue weighted by atomic mass is 32.1. The maximum absolute atomic E-state index is 13.3. The van der Waals surface area contributed by atoms with Crippen LogP contribution in [0.15, 0.2) is 35.7 Å². The summed E-state index contributed by atoms with van der Waals surface area (Å²) in [6.45, 7) is 0.296. The molecule has 0 aliphatic rings. The Morgan fingerprint density at radius 1 is 1.26 bits per heavy atom. The van der Waals surface area contributed by atoms with E-state index in [1.165, 1.54) is 11.3 Å². The number of hydrogen-bond acceptors (Lipinski definition) is 2. The van der Waals surface area contributed by atoms with Crippen LogP contribution in [0.3, 0.4) is 0 Å². The third kappa shape index (κ3) is 4.13. The maximum Gasteiger partial charge on any atom is 0.225 e. The number of nitrogens with one attached hydrogen (secondary N) is 1. The van der Waals surface area contributed by atoms with Gasteiger partial charge in [0, 0.05) is 11.4 Å². The molecule has 1 aromatic heterocycles. The highest BCUT2D eigenvalue weighted by molar-refractivity contribution is 7.10. The van der Waals surface area contributed by atoms with E-state index >= 15 is 0 Å². The van der Waals surface area contributed by atoms with Crippen LogP contribution < -0.4 is 5.32 Å². The predicted octanol–water partition coefficient (Wildman–Crippen LogP) is 2.93. The number of hydrogen-bond donors (Lipinski definition) is 1. The summed E-state index contributed by atoms with van der Waals surface area (Å²) in [5, 5.41) is 4.60. The van der Waals surface area contributed by atoms with Crippen LogP contribution in [0.2, 0.25) is 0 Å². The summed E-state index contributed by atoms with van der Waals surface area (Å²) in [4.78, 5) is 12.6. The van der Waals surface area contributed by atoms with Gasteiger partial charge < -0.3 is 5.32 Å². The summed E-state index contributed by atoms with van der Waals surface area (Å²) in [6, 6.07) is 7.10. The second-order valence-corrected chi connectivity index (χ2v) is 5.12. The van der Waals surface area contributed by atoms with Crippen molar-refractivity contribution in [2.24, 2.45) is 0 Å². The van der Waals surface area contributed by atoms with Gasteiger partial charge in [-0.1, -0.05) is 6.07 Å². The average molecular weight is 281 g/mol. The Balaban J connectivity index is 1.80. The van der Waals surface area contributed by atoms with E-state index in [1.54, 1.807) is 0 Å². The van der Waals surface area contributed by atoms with Crippen molar-refractivity contribution >= 4 is 17.2 Å². The van der Waals surface area contributed by atoms with Crippen molar-refractivity contribution in [3.63, 3.8) is 0 Å². The Hall–Kier alpha value is -1.75.